The van der Waals surface area contributed by atoms with E-state index in [9.17, 15) is 18.0 Å². The Labute approximate surface area is 115 Å². The minimum atomic E-state index is -4.50. The molecule has 110 valence electrons. The number of halogens is 3. The van der Waals surface area contributed by atoms with Crippen molar-refractivity contribution in [2.45, 2.75) is 32.9 Å². The lowest BCUT2D eigenvalue weighted by atomic mass is 9.99. The highest BCUT2D eigenvalue weighted by Gasteiger charge is 2.32. The van der Waals surface area contributed by atoms with Gasteiger partial charge in [0.2, 0.25) is 0 Å². The first-order valence-electron chi connectivity index (χ1n) is 6.22. The van der Waals surface area contributed by atoms with Crippen LogP contribution in [0.2, 0.25) is 0 Å². The number of nitrogens with zero attached hydrogens (tertiary/aromatic N) is 1. The monoisotopic (exact) mass is 287 g/mol. The molecule has 20 heavy (non-hydrogen) atoms. The maximum absolute atomic E-state index is 12.7. The van der Waals surface area contributed by atoms with Gasteiger partial charge in [0.15, 0.2) is 0 Å². The summed E-state index contributed by atoms with van der Waals surface area (Å²) in [5.41, 5.74) is -0.282. The number of alkyl halides is 3. The van der Waals surface area contributed by atoms with Crippen LogP contribution in [0.5, 0.6) is 0 Å². The van der Waals surface area contributed by atoms with Gasteiger partial charge >= 0.3 is 12.1 Å². The molecule has 0 aliphatic heterocycles. The highest BCUT2D eigenvalue weighted by molar-refractivity contribution is 5.85. The lowest BCUT2D eigenvalue weighted by Crippen LogP contribution is -2.12. The number of pyridine rings is 1. The van der Waals surface area contributed by atoms with Crippen LogP contribution >= 0.6 is 0 Å². The first kappa shape index (κ1) is 16.2. The number of rotatable bonds is 5. The molecule has 0 fully saturated rings. The van der Waals surface area contributed by atoms with E-state index in [1.165, 1.54) is 12.1 Å². The van der Waals surface area contributed by atoms with Crippen LogP contribution in [0.4, 0.5) is 13.2 Å². The second-order valence-corrected chi connectivity index (χ2v) is 4.62. The summed E-state index contributed by atoms with van der Waals surface area (Å²) in [6.45, 7) is 3.84. The molecule has 6 heteroatoms. The Kier molecular flexibility index (Phi) is 5.30. The fourth-order valence-electron chi connectivity index (χ4n) is 1.62. The van der Waals surface area contributed by atoms with Gasteiger partial charge in [-0.25, -0.2) is 9.78 Å². The Balaban J connectivity index is 3.19. The Bertz CT molecular complexity index is 510. The highest BCUT2D eigenvalue weighted by atomic mass is 19.4. The molecule has 1 aromatic heterocycles. The highest BCUT2D eigenvalue weighted by Crippen LogP contribution is 2.29. The smallest absolute Gasteiger partial charge is 0.433 e. The summed E-state index contributed by atoms with van der Waals surface area (Å²) in [7, 11) is 0. The summed E-state index contributed by atoms with van der Waals surface area (Å²) in [6, 6.07) is 2.12. The van der Waals surface area contributed by atoms with Crippen LogP contribution in [-0.4, -0.2) is 16.1 Å². The van der Waals surface area contributed by atoms with E-state index < -0.39 is 17.8 Å². The van der Waals surface area contributed by atoms with Crippen molar-refractivity contribution in [1.82, 2.24) is 4.98 Å². The van der Waals surface area contributed by atoms with Crippen LogP contribution in [0, 0.1) is 5.92 Å². The maximum atomic E-state index is 12.7. The lowest BCUT2D eigenvalue weighted by molar-refractivity contribution is -0.141. The van der Waals surface area contributed by atoms with E-state index in [4.69, 9.17) is 5.11 Å². The molecule has 0 saturated heterocycles. The summed E-state index contributed by atoms with van der Waals surface area (Å²) < 4.78 is 38.0. The zero-order valence-corrected chi connectivity index (χ0v) is 11.2. The summed E-state index contributed by atoms with van der Waals surface area (Å²) in [5.74, 6) is -0.984. The average Bonchev–Trinajstić information content (AvgIpc) is 2.35. The standard InChI is InChI=1S/C14H16F3NO2/c1-3-9(2)8-11-10(5-7-13(19)20)4-6-12(18-11)14(15,16)17/h4-7,9H,3,8H2,1-2H3,(H,19,20). The van der Waals surface area contributed by atoms with E-state index in [0.717, 1.165) is 18.6 Å². The predicted molar refractivity (Wildman–Crippen MR) is 69.1 cm³/mol. The zero-order valence-electron chi connectivity index (χ0n) is 11.2. The molecule has 3 nitrogen and oxygen atoms in total. The third kappa shape index (κ3) is 4.68. The van der Waals surface area contributed by atoms with E-state index in [1.807, 2.05) is 13.8 Å². The fraction of sp³-hybridized carbons (Fsp3) is 0.429. The molecule has 1 heterocycles. The molecule has 1 N–H and O–H groups in total. The van der Waals surface area contributed by atoms with E-state index in [-0.39, 0.29) is 11.6 Å². The first-order chi connectivity index (χ1) is 9.24. The van der Waals surface area contributed by atoms with Crippen molar-refractivity contribution in [3.8, 4) is 0 Å². The fourth-order valence-corrected chi connectivity index (χ4v) is 1.62. The van der Waals surface area contributed by atoms with Crippen molar-refractivity contribution in [2.24, 2.45) is 5.92 Å². The summed E-state index contributed by atoms with van der Waals surface area (Å²) in [6.07, 6.45) is -1.16. The van der Waals surface area contributed by atoms with Crippen molar-refractivity contribution in [2.75, 3.05) is 0 Å². The molecular formula is C14H16F3NO2. The van der Waals surface area contributed by atoms with Gasteiger partial charge in [-0.1, -0.05) is 26.3 Å². The van der Waals surface area contributed by atoms with Gasteiger partial charge in [-0.2, -0.15) is 13.2 Å². The summed E-state index contributed by atoms with van der Waals surface area (Å²) >= 11 is 0. The largest absolute Gasteiger partial charge is 0.478 e. The number of carboxylic acids is 1. The molecule has 0 aromatic carbocycles. The Hall–Kier alpha value is -1.85. The summed E-state index contributed by atoms with van der Waals surface area (Å²) in [5, 5.41) is 8.59. The molecule has 1 atom stereocenters. The molecule has 0 saturated carbocycles. The third-order valence-corrected chi connectivity index (χ3v) is 2.94. The molecule has 1 rings (SSSR count). The minimum Gasteiger partial charge on any atom is -0.478 e. The van der Waals surface area contributed by atoms with E-state index >= 15 is 0 Å². The van der Waals surface area contributed by atoms with Gasteiger partial charge in [0.05, 0.1) is 0 Å². The van der Waals surface area contributed by atoms with Crippen molar-refractivity contribution >= 4 is 12.0 Å². The van der Waals surface area contributed by atoms with Gasteiger partial charge in [0.1, 0.15) is 5.69 Å². The molecule has 1 aromatic rings. The normalized spacial score (nSPS) is 13.7. The topological polar surface area (TPSA) is 50.2 Å². The molecule has 0 radical (unpaired) electrons. The van der Waals surface area contributed by atoms with Gasteiger partial charge in [0.25, 0.3) is 0 Å². The van der Waals surface area contributed by atoms with E-state index in [1.54, 1.807) is 0 Å². The molecule has 0 bridgehead atoms. The number of carboxylic acid groups (broad SMARTS) is 1. The SMILES string of the molecule is CCC(C)Cc1nc(C(F)(F)F)ccc1C=CC(=O)O. The molecule has 0 aliphatic carbocycles. The number of hydrogen-bond donors (Lipinski definition) is 1. The maximum Gasteiger partial charge on any atom is 0.433 e. The average molecular weight is 287 g/mol. The van der Waals surface area contributed by atoms with Gasteiger partial charge in [-0.15, -0.1) is 0 Å². The predicted octanol–water partition coefficient (Wildman–Crippen LogP) is 3.79. The molecule has 1 unspecified atom stereocenters. The van der Waals surface area contributed by atoms with Gasteiger partial charge < -0.3 is 5.11 Å². The van der Waals surface area contributed by atoms with Crippen molar-refractivity contribution in [1.29, 1.82) is 0 Å². The van der Waals surface area contributed by atoms with E-state index in [2.05, 4.69) is 4.98 Å². The number of hydrogen-bond acceptors (Lipinski definition) is 2. The van der Waals surface area contributed by atoms with Crippen LogP contribution in [0.15, 0.2) is 18.2 Å². The van der Waals surface area contributed by atoms with Crippen LogP contribution in [0.25, 0.3) is 6.08 Å². The Morgan fingerprint density at radius 3 is 2.60 bits per heavy atom. The second kappa shape index (κ2) is 6.54. The third-order valence-electron chi connectivity index (χ3n) is 2.94. The lowest BCUT2D eigenvalue weighted by Gasteiger charge is -2.13. The van der Waals surface area contributed by atoms with Crippen LogP contribution < -0.4 is 0 Å². The van der Waals surface area contributed by atoms with Crippen molar-refractivity contribution in [3.63, 3.8) is 0 Å². The molecule has 0 spiro atoms. The van der Waals surface area contributed by atoms with Crippen LogP contribution in [-0.2, 0) is 17.4 Å². The Morgan fingerprint density at radius 2 is 2.10 bits per heavy atom. The van der Waals surface area contributed by atoms with Crippen LogP contribution in [0.3, 0.4) is 0 Å². The van der Waals surface area contributed by atoms with Crippen molar-refractivity contribution in [3.05, 3.63) is 35.2 Å². The summed E-state index contributed by atoms with van der Waals surface area (Å²) in [4.78, 5) is 14.1. The Morgan fingerprint density at radius 1 is 1.45 bits per heavy atom. The van der Waals surface area contributed by atoms with Crippen LogP contribution in [0.1, 0.15) is 37.2 Å². The second-order valence-electron chi connectivity index (χ2n) is 4.62. The number of aliphatic carboxylic acids is 1. The zero-order chi connectivity index (χ0) is 15.3. The quantitative estimate of drug-likeness (QED) is 0.838. The molecule has 0 aliphatic rings. The minimum absolute atomic E-state index is 0.169. The van der Waals surface area contributed by atoms with Gasteiger partial charge in [-0.3, -0.25) is 0 Å². The van der Waals surface area contributed by atoms with Gasteiger partial charge in [0, 0.05) is 11.8 Å². The van der Waals surface area contributed by atoms with E-state index in [0.29, 0.717) is 12.0 Å². The van der Waals surface area contributed by atoms with Crippen molar-refractivity contribution < 1.29 is 23.1 Å². The number of carbonyl (C=O) groups is 1. The molecule has 0 amide bonds. The number of aromatic nitrogens is 1. The molecular weight excluding hydrogens is 271 g/mol. The van der Waals surface area contributed by atoms with Gasteiger partial charge in [-0.05, 0) is 30.0 Å². The first-order valence-corrected chi connectivity index (χ1v) is 6.22.